The predicted molar refractivity (Wildman–Crippen MR) is 158 cm³/mol. The first-order valence-electron chi connectivity index (χ1n) is 14.2. The third kappa shape index (κ3) is 6.94. The van der Waals surface area contributed by atoms with Gasteiger partial charge >= 0.3 is 0 Å². The summed E-state index contributed by atoms with van der Waals surface area (Å²) in [7, 11) is 0. The summed E-state index contributed by atoms with van der Waals surface area (Å²) >= 11 is 0. The third-order valence-corrected chi connectivity index (χ3v) is 7.90. The van der Waals surface area contributed by atoms with Gasteiger partial charge in [0.25, 0.3) is 0 Å². The predicted octanol–water partition coefficient (Wildman–Crippen LogP) is 6.78. The number of aryl methyl sites for hydroxylation is 2. The Kier molecular flexibility index (Phi) is 8.72. The smallest absolute Gasteiger partial charge is 0.243 e. The standard InChI is InChI=1S/C35H38N2O2/c1-26-11-9-14-28(23-26)25-37(34(38)22-21-30-17-10-16-29-15-5-8-20-32(29)30)33(24-27-12-3-2-4-13-27)35(39)36-31-18-6-7-19-31/h2-5,8-17,20,23,31,33H,6-7,18-19,21-22,24-25H2,1H3,(H,36,39). The van der Waals surface area contributed by atoms with Crippen molar-refractivity contribution in [3.63, 3.8) is 0 Å². The highest BCUT2D eigenvalue weighted by atomic mass is 16.2. The van der Waals surface area contributed by atoms with E-state index in [2.05, 4.69) is 54.7 Å². The lowest BCUT2D eigenvalue weighted by Gasteiger charge is -2.32. The Morgan fingerprint density at radius 1 is 0.846 bits per heavy atom. The van der Waals surface area contributed by atoms with Crippen LogP contribution in [0.25, 0.3) is 10.8 Å². The number of carbonyl (C=O) groups excluding carboxylic acids is 2. The van der Waals surface area contributed by atoms with Gasteiger partial charge in [-0.2, -0.15) is 0 Å². The number of fused-ring (bicyclic) bond motifs is 1. The van der Waals surface area contributed by atoms with E-state index in [-0.39, 0.29) is 17.9 Å². The highest BCUT2D eigenvalue weighted by Gasteiger charge is 2.32. The van der Waals surface area contributed by atoms with E-state index in [9.17, 15) is 9.59 Å². The molecule has 1 saturated carbocycles. The molecule has 5 rings (SSSR count). The molecule has 0 bridgehead atoms. The quantitative estimate of drug-likeness (QED) is 0.252. The van der Waals surface area contributed by atoms with Gasteiger partial charge in [-0.25, -0.2) is 0 Å². The SMILES string of the molecule is Cc1cccc(CN(C(=O)CCc2cccc3ccccc23)C(Cc2ccccc2)C(=O)NC2CCCC2)c1. The van der Waals surface area contributed by atoms with E-state index in [1.54, 1.807) is 0 Å². The van der Waals surface area contributed by atoms with Crippen LogP contribution >= 0.6 is 0 Å². The molecule has 4 aromatic rings. The Labute approximate surface area is 232 Å². The topological polar surface area (TPSA) is 49.4 Å². The zero-order chi connectivity index (χ0) is 27.0. The second-order valence-electron chi connectivity index (χ2n) is 10.8. The monoisotopic (exact) mass is 518 g/mol. The van der Waals surface area contributed by atoms with E-state index in [1.807, 2.05) is 59.5 Å². The van der Waals surface area contributed by atoms with E-state index in [1.165, 1.54) is 10.8 Å². The maximum absolute atomic E-state index is 14.1. The minimum Gasteiger partial charge on any atom is -0.352 e. The van der Waals surface area contributed by atoms with Crippen LogP contribution < -0.4 is 5.32 Å². The molecule has 0 radical (unpaired) electrons. The molecule has 1 aliphatic rings. The molecule has 0 heterocycles. The Morgan fingerprint density at radius 3 is 2.33 bits per heavy atom. The van der Waals surface area contributed by atoms with Crippen molar-refractivity contribution in [2.75, 3.05) is 0 Å². The lowest BCUT2D eigenvalue weighted by molar-refractivity contribution is -0.141. The summed E-state index contributed by atoms with van der Waals surface area (Å²) in [5.74, 6) is -0.0381. The zero-order valence-corrected chi connectivity index (χ0v) is 22.8. The van der Waals surface area contributed by atoms with E-state index in [4.69, 9.17) is 0 Å². The molecule has 0 aromatic heterocycles. The first kappa shape index (κ1) is 26.7. The lowest BCUT2D eigenvalue weighted by atomic mass is 9.99. The molecule has 0 spiro atoms. The summed E-state index contributed by atoms with van der Waals surface area (Å²) < 4.78 is 0. The van der Waals surface area contributed by atoms with Gasteiger partial charge in [0, 0.05) is 25.4 Å². The van der Waals surface area contributed by atoms with Crippen molar-refractivity contribution >= 4 is 22.6 Å². The summed E-state index contributed by atoms with van der Waals surface area (Å²) in [6.45, 7) is 2.47. The summed E-state index contributed by atoms with van der Waals surface area (Å²) in [6, 6.07) is 32.5. The fourth-order valence-corrected chi connectivity index (χ4v) is 5.82. The van der Waals surface area contributed by atoms with Crippen LogP contribution in [-0.2, 0) is 29.0 Å². The van der Waals surface area contributed by atoms with Crippen molar-refractivity contribution < 1.29 is 9.59 Å². The first-order chi connectivity index (χ1) is 19.1. The van der Waals surface area contributed by atoms with E-state index < -0.39 is 6.04 Å². The molecule has 4 nitrogen and oxygen atoms in total. The molecule has 1 atom stereocenters. The van der Waals surface area contributed by atoms with Crippen LogP contribution in [0.4, 0.5) is 0 Å². The normalized spacial score (nSPS) is 14.3. The third-order valence-electron chi connectivity index (χ3n) is 7.90. The Bertz CT molecular complexity index is 1400. The second-order valence-corrected chi connectivity index (χ2v) is 10.8. The van der Waals surface area contributed by atoms with Gasteiger partial charge in [0.1, 0.15) is 6.04 Å². The molecular weight excluding hydrogens is 480 g/mol. The van der Waals surface area contributed by atoms with Crippen LogP contribution in [0.5, 0.6) is 0 Å². The molecule has 1 N–H and O–H groups in total. The number of nitrogens with one attached hydrogen (secondary N) is 1. The van der Waals surface area contributed by atoms with Crippen LogP contribution in [0.15, 0.2) is 97.1 Å². The molecule has 2 amide bonds. The maximum Gasteiger partial charge on any atom is 0.243 e. The van der Waals surface area contributed by atoms with Crippen molar-refractivity contribution in [2.24, 2.45) is 0 Å². The largest absolute Gasteiger partial charge is 0.352 e. The van der Waals surface area contributed by atoms with Crippen LogP contribution in [0.2, 0.25) is 0 Å². The van der Waals surface area contributed by atoms with Crippen LogP contribution in [0, 0.1) is 6.92 Å². The minimum absolute atomic E-state index is 0.00643. The molecule has 1 fully saturated rings. The molecule has 4 heteroatoms. The molecule has 200 valence electrons. The van der Waals surface area contributed by atoms with Gasteiger partial charge in [0.2, 0.25) is 11.8 Å². The molecule has 4 aromatic carbocycles. The number of benzene rings is 4. The summed E-state index contributed by atoms with van der Waals surface area (Å²) in [4.78, 5) is 29.7. The van der Waals surface area contributed by atoms with Gasteiger partial charge in [-0.05, 0) is 53.6 Å². The van der Waals surface area contributed by atoms with Gasteiger partial charge in [0.05, 0.1) is 0 Å². The Balaban J connectivity index is 1.44. The number of amides is 2. The summed E-state index contributed by atoms with van der Waals surface area (Å²) in [5.41, 5.74) is 4.40. The fourth-order valence-electron chi connectivity index (χ4n) is 5.82. The van der Waals surface area contributed by atoms with Crippen molar-refractivity contribution in [3.05, 3.63) is 119 Å². The van der Waals surface area contributed by atoms with Crippen molar-refractivity contribution in [1.82, 2.24) is 10.2 Å². The minimum atomic E-state index is -0.575. The number of nitrogens with zero attached hydrogens (tertiary/aromatic N) is 1. The van der Waals surface area contributed by atoms with Gasteiger partial charge in [0.15, 0.2) is 0 Å². The van der Waals surface area contributed by atoms with E-state index in [0.29, 0.717) is 25.8 Å². The fraction of sp³-hybridized carbons (Fsp3) is 0.314. The Hall–Kier alpha value is -3.92. The first-order valence-corrected chi connectivity index (χ1v) is 14.2. The van der Waals surface area contributed by atoms with Gasteiger partial charge in [-0.1, -0.05) is 115 Å². The number of rotatable bonds is 10. The average molecular weight is 519 g/mol. The molecule has 0 saturated heterocycles. The zero-order valence-electron chi connectivity index (χ0n) is 22.8. The van der Waals surface area contributed by atoms with E-state index in [0.717, 1.165) is 47.9 Å². The molecule has 0 aliphatic heterocycles. The van der Waals surface area contributed by atoms with Gasteiger partial charge in [-0.3, -0.25) is 9.59 Å². The summed E-state index contributed by atoms with van der Waals surface area (Å²) in [6.07, 6.45) is 5.78. The number of carbonyl (C=O) groups is 2. The second kappa shape index (κ2) is 12.8. The molecular formula is C35H38N2O2. The lowest BCUT2D eigenvalue weighted by Crippen LogP contribution is -2.52. The van der Waals surface area contributed by atoms with Gasteiger partial charge in [-0.15, -0.1) is 0 Å². The molecule has 39 heavy (non-hydrogen) atoms. The van der Waals surface area contributed by atoms with Crippen LogP contribution in [0.3, 0.4) is 0 Å². The van der Waals surface area contributed by atoms with Crippen LogP contribution in [0.1, 0.15) is 54.4 Å². The van der Waals surface area contributed by atoms with Crippen molar-refractivity contribution in [1.29, 1.82) is 0 Å². The van der Waals surface area contributed by atoms with Crippen molar-refractivity contribution in [3.8, 4) is 0 Å². The highest BCUT2D eigenvalue weighted by Crippen LogP contribution is 2.23. The molecule has 1 unspecified atom stereocenters. The van der Waals surface area contributed by atoms with Crippen LogP contribution in [-0.4, -0.2) is 28.8 Å². The highest BCUT2D eigenvalue weighted by molar-refractivity contribution is 5.89. The average Bonchev–Trinajstić information content (AvgIpc) is 3.47. The maximum atomic E-state index is 14.1. The van der Waals surface area contributed by atoms with Gasteiger partial charge < -0.3 is 10.2 Å². The Morgan fingerprint density at radius 2 is 1.54 bits per heavy atom. The molecule has 1 aliphatic carbocycles. The summed E-state index contributed by atoms with van der Waals surface area (Å²) in [5, 5.41) is 5.65. The van der Waals surface area contributed by atoms with Crippen molar-refractivity contribution in [2.45, 2.75) is 70.5 Å². The number of hydrogen-bond donors (Lipinski definition) is 1. The van der Waals surface area contributed by atoms with E-state index >= 15 is 0 Å². The number of hydrogen-bond acceptors (Lipinski definition) is 2.